The highest BCUT2D eigenvalue weighted by atomic mass is 16.2. The number of carbonyl (C=O) groups is 1. The van der Waals surface area contributed by atoms with E-state index in [1.165, 1.54) is 5.56 Å². The van der Waals surface area contributed by atoms with Crippen molar-refractivity contribution in [2.45, 2.75) is 25.8 Å². The van der Waals surface area contributed by atoms with Crippen LogP contribution in [0.15, 0.2) is 48.5 Å². The molecule has 0 unspecified atom stereocenters. The first-order chi connectivity index (χ1) is 9.72. The SMILES string of the molecule is Cc1cccc(NC(=O)[C@@H]2CCc3ccccc3N2)c1. The molecule has 0 spiro atoms. The van der Waals surface area contributed by atoms with E-state index in [1.807, 2.05) is 49.4 Å². The summed E-state index contributed by atoms with van der Waals surface area (Å²) in [7, 11) is 0. The molecule has 3 rings (SSSR count). The monoisotopic (exact) mass is 266 g/mol. The lowest BCUT2D eigenvalue weighted by atomic mass is 9.97. The molecule has 0 aliphatic carbocycles. The van der Waals surface area contributed by atoms with Crippen molar-refractivity contribution in [3.05, 3.63) is 59.7 Å². The molecule has 2 aromatic carbocycles. The Balaban J connectivity index is 1.70. The molecule has 20 heavy (non-hydrogen) atoms. The van der Waals surface area contributed by atoms with Gasteiger partial charge in [0.1, 0.15) is 6.04 Å². The maximum atomic E-state index is 12.3. The highest BCUT2D eigenvalue weighted by Crippen LogP contribution is 2.24. The van der Waals surface area contributed by atoms with Crippen LogP contribution in [0.5, 0.6) is 0 Å². The standard InChI is InChI=1S/C17H18N2O/c1-12-5-4-7-14(11-12)18-17(20)16-10-9-13-6-2-3-8-15(13)19-16/h2-8,11,16,19H,9-10H2,1H3,(H,18,20)/t16-/m0/s1. The lowest BCUT2D eigenvalue weighted by molar-refractivity contribution is -0.117. The second kappa shape index (κ2) is 5.37. The van der Waals surface area contributed by atoms with Crippen LogP contribution in [-0.4, -0.2) is 11.9 Å². The zero-order chi connectivity index (χ0) is 13.9. The molecule has 3 heteroatoms. The first kappa shape index (κ1) is 12.7. The second-order valence-corrected chi connectivity index (χ2v) is 5.25. The van der Waals surface area contributed by atoms with Gasteiger partial charge >= 0.3 is 0 Å². The third-order valence-corrected chi connectivity index (χ3v) is 3.65. The second-order valence-electron chi connectivity index (χ2n) is 5.25. The Bertz CT molecular complexity index is 636. The fourth-order valence-corrected chi connectivity index (χ4v) is 2.59. The van der Waals surface area contributed by atoms with Gasteiger partial charge in [0.25, 0.3) is 0 Å². The lowest BCUT2D eigenvalue weighted by Gasteiger charge is -2.26. The quantitative estimate of drug-likeness (QED) is 0.875. The van der Waals surface area contributed by atoms with Crippen LogP contribution in [0, 0.1) is 6.92 Å². The number of nitrogens with one attached hydrogen (secondary N) is 2. The van der Waals surface area contributed by atoms with Crippen LogP contribution >= 0.6 is 0 Å². The van der Waals surface area contributed by atoms with Crippen molar-refractivity contribution in [1.29, 1.82) is 0 Å². The van der Waals surface area contributed by atoms with E-state index in [-0.39, 0.29) is 11.9 Å². The van der Waals surface area contributed by atoms with Crippen molar-refractivity contribution in [3.63, 3.8) is 0 Å². The van der Waals surface area contributed by atoms with Crippen LogP contribution in [0.25, 0.3) is 0 Å². The number of para-hydroxylation sites is 1. The summed E-state index contributed by atoms with van der Waals surface area (Å²) < 4.78 is 0. The molecule has 0 saturated heterocycles. The Labute approximate surface area is 119 Å². The van der Waals surface area contributed by atoms with E-state index in [0.29, 0.717) is 0 Å². The smallest absolute Gasteiger partial charge is 0.246 e. The van der Waals surface area contributed by atoms with Gasteiger partial charge < -0.3 is 10.6 Å². The van der Waals surface area contributed by atoms with Gasteiger partial charge in [-0.15, -0.1) is 0 Å². The van der Waals surface area contributed by atoms with Crippen LogP contribution in [0.3, 0.4) is 0 Å². The van der Waals surface area contributed by atoms with Crippen molar-refractivity contribution >= 4 is 17.3 Å². The van der Waals surface area contributed by atoms with E-state index in [0.717, 1.165) is 29.8 Å². The molecule has 102 valence electrons. The molecule has 1 amide bonds. The van der Waals surface area contributed by atoms with E-state index in [1.54, 1.807) is 0 Å². The van der Waals surface area contributed by atoms with Gasteiger partial charge in [0.05, 0.1) is 0 Å². The van der Waals surface area contributed by atoms with E-state index in [4.69, 9.17) is 0 Å². The highest BCUT2D eigenvalue weighted by Gasteiger charge is 2.23. The minimum atomic E-state index is -0.162. The fraction of sp³-hybridized carbons (Fsp3) is 0.235. The lowest BCUT2D eigenvalue weighted by Crippen LogP contribution is -2.37. The van der Waals surface area contributed by atoms with Gasteiger partial charge in [-0.25, -0.2) is 0 Å². The first-order valence-corrected chi connectivity index (χ1v) is 6.94. The molecule has 0 aromatic heterocycles. The summed E-state index contributed by atoms with van der Waals surface area (Å²) >= 11 is 0. The summed E-state index contributed by atoms with van der Waals surface area (Å²) in [4.78, 5) is 12.3. The molecule has 0 saturated carbocycles. The first-order valence-electron chi connectivity index (χ1n) is 6.94. The Hall–Kier alpha value is -2.29. The van der Waals surface area contributed by atoms with Gasteiger partial charge in [-0.05, 0) is 49.1 Å². The molecule has 1 atom stereocenters. The Morgan fingerprint density at radius 3 is 2.90 bits per heavy atom. The van der Waals surface area contributed by atoms with Crippen LogP contribution < -0.4 is 10.6 Å². The minimum absolute atomic E-state index is 0.0325. The van der Waals surface area contributed by atoms with Crippen molar-refractivity contribution in [2.24, 2.45) is 0 Å². The predicted molar refractivity (Wildman–Crippen MR) is 82.0 cm³/mol. The minimum Gasteiger partial charge on any atom is -0.373 e. The van der Waals surface area contributed by atoms with E-state index < -0.39 is 0 Å². The van der Waals surface area contributed by atoms with Gasteiger partial charge in [-0.1, -0.05) is 30.3 Å². The van der Waals surface area contributed by atoms with Crippen molar-refractivity contribution in [3.8, 4) is 0 Å². The molecule has 1 aliphatic heterocycles. The fourth-order valence-electron chi connectivity index (χ4n) is 2.59. The highest BCUT2D eigenvalue weighted by molar-refractivity contribution is 5.97. The molecule has 2 N–H and O–H groups in total. The number of benzene rings is 2. The normalized spacial score (nSPS) is 16.9. The molecule has 1 aliphatic rings. The number of anilines is 2. The number of rotatable bonds is 2. The Kier molecular flexibility index (Phi) is 3.42. The number of aryl methyl sites for hydroxylation is 2. The molecule has 2 aromatic rings. The van der Waals surface area contributed by atoms with Crippen LogP contribution in [0.2, 0.25) is 0 Å². The topological polar surface area (TPSA) is 41.1 Å². The molecule has 3 nitrogen and oxygen atoms in total. The number of carbonyl (C=O) groups excluding carboxylic acids is 1. The largest absolute Gasteiger partial charge is 0.373 e. The van der Waals surface area contributed by atoms with Gasteiger partial charge in [0, 0.05) is 11.4 Å². The molecule has 1 heterocycles. The average molecular weight is 266 g/mol. The summed E-state index contributed by atoms with van der Waals surface area (Å²) in [5, 5.41) is 6.30. The number of hydrogen-bond acceptors (Lipinski definition) is 2. The Morgan fingerprint density at radius 2 is 2.05 bits per heavy atom. The van der Waals surface area contributed by atoms with Crippen LogP contribution in [0.1, 0.15) is 17.5 Å². The van der Waals surface area contributed by atoms with E-state index >= 15 is 0 Å². The summed E-state index contributed by atoms with van der Waals surface area (Å²) in [5.41, 5.74) is 4.36. The van der Waals surface area contributed by atoms with Gasteiger partial charge in [-0.2, -0.15) is 0 Å². The van der Waals surface area contributed by atoms with E-state index in [2.05, 4.69) is 16.7 Å². The van der Waals surface area contributed by atoms with E-state index in [9.17, 15) is 4.79 Å². The molecule has 0 radical (unpaired) electrons. The number of amides is 1. The summed E-state index contributed by atoms with van der Waals surface area (Å²) in [6.07, 6.45) is 1.77. The number of fused-ring (bicyclic) bond motifs is 1. The summed E-state index contributed by atoms with van der Waals surface area (Å²) in [5.74, 6) is 0.0325. The zero-order valence-electron chi connectivity index (χ0n) is 11.5. The zero-order valence-corrected chi connectivity index (χ0v) is 11.5. The maximum absolute atomic E-state index is 12.3. The number of hydrogen-bond donors (Lipinski definition) is 2. The van der Waals surface area contributed by atoms with Gasteiger partial charge in [0.15, 0.2) is 0 Å². The third kappa shape index (κ3) is 2.67. The molecule has 0 fully saturated rings. The summed E-state index contributed by atoms with van der Waals surface area (Å²) in [6.45, 7) is 2.02. The maximum Gasteiger partial charge on any atom is 0.246 e. The van der Waals surface area contributed by atoms with Crippen molar-refractivity contribution in [1.82, 2.24) is 0 Å². The molecular weight excluding hydrogens is 248 g/mol. The predicted octanol–water partition coefficient (Wildman–Crippen LogP) is 3.36. The molecular formula is C17H18N2O. The van der Waals surface area contributed by atoms with Crippen molar-refractivity contribution in [2.75, 3.05) is 10.6 Å². The van der Waals surface area contributed by atoms with Gasteiger partial charge in [-0.3, -0.25) is 4.79 Å². The van der Waals surface area contributed by atoms with Crippen LogP contribution in [-0.2, 0) is 11.2 Å². The third-order valence-electron chi connectivity index (χ3n) is 3.65. The molecule has 0 bridgehead atoms. The summed E-state index contributed by atoms with van der Waals surface area (Å²) in [6, 6.07) is 15.9. The Morgan fingerprint density at radius 1 is 1.20 bits per heavy atom. The van der Waals surface area contributed by atoms with Crippen molar-refractivity contribution < 1.29 is 4.79 Å². The average Bonchev–Trinajstić information content (AvgIpc) is 2.47. The van der Waals surface area contributed by atoms with Gasteiger partial charge in [0.2, 0.25) is 5.91 Å². The van der Waals surface area contributed by atoms with Crippen LogP contribution in [0.4, 0.5) is 11.4 Å².